The fourth-order valence-corrected chi connectivity index (χ4v) is 3.30. The lowest BCUT2D eigenvalue weighted by molar-refractivity contribution is 0.621. The van der Waals surface area contributed by atoms with Crippen LogP contribution in [0.15, 0.2) is 54.9 Å². The first-order valence-electron chi connectivity index (χ1n) is 7.50. The van der Waals surface area contributed by atoms with Gasteiger partial charge in [0.05, 0.1) is 6.54 Å². The Morgan fingerprint density at radius 1 is 0.875 bits per heavy atom. The van der Waals surface area contributed by atoms with E-state index in [4.69, 9.17) is 34.8 Å². The molecule has 0 unspecified atom stereocenters. The van der Waals surface area contributed by atoms with Crippen LogP contribution in [0.25, 0.3) is 0 Å². The lowest BCUT2D eigenvalue weighted by Gasteiger charge is -2.10. The fourth-order valence-electron chi connectivity index (χ4n) is 2.52. The van der Waals surface area contributed by atoms with E-state index in [1.807, 2.05) is 42.6 Å². The second-order valence-electron chi connectivity index (χ2n) is 5.48. The topological polar surface area (TPSA) is 29.9 Å². The molecule has 2 aromatic carbocycles. The Labute approximate surface area is 156 Å². The summed E-state index contributed by atoms with van der Waals surface area (Å²) in [5.74, 6) is 0.952. The van der Waals surface area contributed by atoms with Gasteiger partial charge in [0.15, 0.2) is 0 Å². The molecule has 0 saturated heterocycles. The zero-order valence-corrected chi connectivity index (χ0v) is 15.1. The van der Waals surface area contributed by atoms with Gasteiger partial charge in [-0.2, -0.15) is 0 Å². The molecule has 0 bridgehead atoms. The van der Waals surface area contributed by atoms with Gasteiger partial charge in [-0.25, -0.2) is 4.98 Å². The Morgan fingerprint density at radius 2 is 1.62 bits per heavy atom. The Morgan fingerprint density at radius 3 is 2.38 bits per heavy atom. The molecule has 1 heterocycles. The van der Waals surface area contributed by atoms with Crippen molar-refractivity contribution in [2.45, 2.75) is 19.6 Å². The van der Waals surface area contributed by atoms with E-state index in [0.29, 0.717) is 23.1 Å². The van der Waals surface area contributed by atoms with Gasteiger partial charge in [-0.05, 0) is 41.5 Å². The van der Waals surface area contributed by atoms with Gasteiger partial charge in [-0.3, -0.25) is 0 Å². The summed E-state index contributed by atoms with van der Waals surface area (Å²) < 4.78 is 2.08. The maximum atomic E-state index is 6.06. The van der Waals surface area contributed by atoms with E-state index in [1.54, 1.807) is 12.3 Å². The number of rotatable bonds is 6. The van der Waals surface area contributed by atoms with Crippen LogP contribution in [0.3, 0.4) is 0 Å². The SMILES string of the molecule is Clc1cccc(CNCc2nccn2Cc2cc(Cl)cc(Cl)c2)c1. The molecule has 0 fully saturated rings. The van der Waals surface area contributed by atoms with E-state index in [0.717, 1.165) is 28.5 Å². The fraction of sp³-hybridized carbons (Fsp3) is 0.167. The van der Waals surface area contributed by atoms with Crippen molar-refractivity contribution >= 4 is 34.8 Å². The van der Waals surface area contributed by atoms with Crippen molar-refractivity contribution in [2.24, 2.45) is 0 Å². The molecular formula is C18H16Cl3N3. The highest BCUT2D eigenvalue weighted by Gasteiger charge is 2.05. The summed E-state index contributed by atoms with van der Waals surface area (Å²) in [6.45, 7) is 2.07. The summed E-state index contributed by atoms with van der Waals surface area (Å²) in [5, 5.41) is 5.40. The summed E-state index contributed by atoms with van der Waals surface area (Å²) in [4.78, 5) is 4.41. The van der Waals surface area contributed by atoms with Gasteiger partial charge in [0.1, 0.15) is 5.82 Å². The first-order chi connectivity index (χ1) is 11.6. The van der Waals surface area contributed by atoms with Crippen LogP contribution >= 0.6 is 34.8 Å². The van der Waals surface area contributed by atoms with E-state index in [1.165, 1.54) is 0 Å². The van der Waals surface area contributed by atoms with Gasteiger partial charge in [-0.1, -0.05) is 46.9 Å². The van der Waals surface area contributed by atoms with E-state index < -0.39 is 0 Å². The van der Waals surface area contributed by atoms with E-state index >= 15 is 0 Å². The third-order valence-corrected chi connectivity index (χ3v) is 4.25. The van der Waals surface area contributed by atoms with Crippen molar-refractivity contribution in [3.63, 3.8) is 0 Å². The zero-order chi connectivity index (χ0) is 16.9. The molecule has 0 atom stereocenters. The number of nitrogens with zero attached hydrogens (tertiary/aromatic N) is 2. The lowest BCUT2D eigenvalue weighted by atomic mass is 10.2. The average Bonchev–Trinajstić information content (AvgIpc) is 2.93. The van der Waals surface area contributed by atoms with Crippen LogP contribution in [0.2, 0.25) is 15.1 Å². The number of nitrogens with one attached hydrogen (secondary N) is 1. The van der Waals surface area contributed by atoms with Gasteiger partial charge in [0.25, 0.3) is 0 Å². The minimum atomic E-state index is 0.637. The predicted molar refractivity (Wildman–Crippen MR) is 99.8 cm³/mol. The molecule has 1 aromatic heterocycles. The highest BCUT2D eigenvalue weighted by Crippen LogP contribution is 2.20. The number of aromatic nitrogens is 2. The second kappa shape index (κ2) is 8.04. The molecular weight excluding hydrogens is 365 g/mol. The summed E-state index contributed by atoms with van der Waals surface area (Å²) in [6.07, 6.45) is 3.74. The van der Waals surface area contributed by atoms with E-state index in [2.05, 4.69) is 14.9 Å². The molecule has 124 valence electrons. The standard InChI is InChI=1S/C18H16Cl3N3/c19-15-3-1-2-13(6-15)10-22-11-18-23-4-5-24(18)12-14-7-16(20)9-17(21)8-14/h1-9,22H,10-12H2. The molecule has 0 saturated carbocycles. The van der Waals surface area contributed by atoms with Crippen LogP contribution in [0, 0.1) is 0 Å². The molecule has 0 aliphatic rings. The predicted octanol–water partition coefficient (Wildman–Crippen LogP) is 5.18. The highest BCUT2D eigenvalue weighted by atomic mass is 35.5. The summed E-state index contributed by atoms with van der Waals surface area (Å²) in [5.41, 5.74) is 2.18. The Hall–Kier alpha value is -1.52. The number of halogens is 3. The average molecular weight is 381 g/mol. The summed E-state index contributed by atoms with van der Waals surface area (Å²) in [6, 6.07) is 13.4. The first kappa shape index (κ1) is 17.3. The van der Waals surface area contributed by atoms with Gasteiger partial charge < -0.3 is 9.88 Å². The monoisotopic (exact) mass is 379 g/mol. The van der Waals surface area contributed by atoms with Crippen molar-refractivity contribution in [1.82, 2.24) is 14.9 Å². The van der Waals surface area contributed by atoms with Crippen LogP contribution in [-0.4, -0.2) is 9.55 Å². The van der Waals surface area contributed by atoms with Gasteiger partial charge >= 0.3 is 0 Å². The van der Waals surface area contributed by atoms with Crippen LogP contribution in [0.1, 0.15) is 17.0 Å². The zero-order valence-electron chi connectivity index (χ0n) is 12.8. The van der Waals surface area contributed by atoms with Gasteiger partial charge in [0.2, 0.25) is 0 Å². The van der Waals surface area contributed by atoms with Crippen LogP contribution in [0.5, 0.6) is 0 Å². The van der Waals surface area contributed by atoms with Crippen LogP contribution in [0.4, 0.5) is 0 Å². The number of benzene rings is 2. The van der Waals surface area contributed by atoms with Crippen LogP contribution < -0.4 is 5.32 Å². The highest BCUT2D eigenvalue weighted by molar-refractivity contribution is 6.34. The van der Waals surface area contributed by atoms with Crippen molar-refractivity contribution in [1.29, 1.82) is 0 Å². The Kier molecular flexibility index (Phi) is 5.80. The summed E-state index contributed by atoms with van der Waals surface area (Å²) in [7, 11) is 0. The number of hydrogen-bond donors (Lipinski definition) is 1. The maximum Gasteiger partial charge on any atom is 0.122 e. The molecule has 24 heavy (non-hydrogen) atoms. The van der Waals surface area contributed by atoms with E-state index in [-0.39, 0.29) is 0 Å². The molecule has 0 spiro atoms. The van der Waals surface area contributed by atoms with Gasteiger partial charge in [-0.15, -0.1) is 0 Å². The molecule has 0 radical (unpaired) electrons. The molecule has 3 rings (SSSR count). The van der Waals surface area contributed by atoms with Crippen molar-refractivity contribution in [2.75, 3.05) is 0 Å². The second-order valence-corrected chi connectivity index (χ2v) is 6.79. The summed E-state index contributed by atoms with van der Waals surface area (Å²) >= 11 is 18.1. The van der Waals surface area contributed by atoms with Crippen molar-refractivity contribution in [3.05, 3.63) is 86.9 Å². The quantitative estimate of drug-likeness (QED) is 0.638. The minimum absolute atomic E-state index is 0.637. The molecule has 0 amide bonds. The number of imidazole rings is 1. The molecule has 1 N–H and O–H groups in total. The van der Waals surface area contributed by atoms with Crippen molar-refractivity contribution in [3.8, 4) is 0 Å². The van der Waals surface area contributed by atoms with Gasteiger partial charge in [0, 0.05) is 40.6 Å². The van der Waals surface area contributed by atoms with Crippen molar-refractivity contribution < 1.29 is 0 Å². The smallest absolute Gasteiger partial charge is 0.122 e. The molecule has 0 aliphatic heterocycles. The lowest BCUT2D eigenvalue weighted by Crippen LogP contribution is -2.17. The minimum Gasteiger partial charge on any atom is -0.329 e. The largest absolute Gasteiger partial charge is 0.329 e. The molecule has 3 nitrogen and oxygen atoms in total. The maximum absolute atomic E-state index is 6.06. The molecule has 3 aromatic rings. The Bertz CT molecular complexity index is 810. The van der Waals surface area contributed by atoms with E-state index in [9.17, 15) is 0 Å². The molecule has 6 heteroatoms. The third kappa shape index (κ3) is 4.74. The first-order valence-corrected chi connectivity index (χ1v) is 8.64. The molecule has 0 aliphatic carbocycles. The third-order valence-electron chi connectivity index (χ3n) is 3.58. The number of hydrogen-bond acceptors (Lipinski definition) is 2. The Balaban J connectivity index is 1.62. The normalized spacial score (nSPS) is 11.0. The van der Waals surface area contributed by atoms with Crippen LogP contribution in [-0.2, 0) is 19.6 Å².